The summed E-state index contributed by atoms with van der Waals surface area (Å²) in [5, 5.41) is 15.0. The first kappa shape index (κ1) is 18.7. The van der Waals surface area contributed by atoms with Crippen LogP contribution in [0.25, 0.3) is 0 Å². The van der Waals surface area contributed by atoms with Crippen LogP contribution in [0.3, 0.4) is 0 Å². The van der Waals surface area contributed by atoms with Gasteiger partial charge in [-0.15, -0.1) is 0 Å². The molecule has 0 unspecified atom stereocenters. The molecule has 9 heteroatoms. The van der Waals surface area contributed by atoms with Crippen LogP contribution in [-0.2, 0) is 0 Å². The summed E-state index contributed by atoms with van der Waals surface area (Å²) in [4.78, 5) is 22.8. The van der Waals surface area contributed by atoms with Gasteiger partial charge >= 0.3 is 0 Å². The average Bonchev–Trinajstić information content (AvgIpc) is 2.66. The minimum absolute atomic E-state index is 0.146. The van der Waals surface area contributed by atoms with Crippen LogP contribution in [0.1, 0.15) is 15.9 Å². The Labute approximate surface area is 149 Å². The fourth-order valence-electron chi connectivity index (χ4n) is 2.20. The molecule has 0 atom stereocenters. The number of benzene rings is 2. The van der Waals surface area contributed by atoms with Crippen molar-refractivity contribution in [1.82, 2.24) is 5.43 Å². The first-order valence-corrected chi connectivity index (χ1v) is 7.38. The number of hydrogen-bond donors (Lipinski definition) is 1. The summed E-state index contributed by atoms with van der Waals surface area (Å²) < 4.78 is 15.3. The predicted molar refractivity (Wildman–Crippen MR) is 94.3 cm³/mol. The quantitative estimate of drug-likeness (QED) is 0.461. The Bertz CT molecular complexity index is 850. The molecule has 1 N–H and O–H groups in total. The van der Waals surface area contributed by atoms with E-state index in [1.54, 1.807) is 24.3 Å². The van der Waals surface area contributed by atoms with E-state index in [0.29, 0.717) is 11.5 Å². The molecule has 0 saturated heterocycles. The molecule has 0 aliphatic carbocycles. The van der Waals surface area contributed by atoms with Gasteiger partial charge in [0.2, 0.25) is 0 Å². The van der Waals surface area contributed by atoms with Gasteiger partial charge in [0.05, 0.1) is 49.7 Å². The third kappa shape index (κ3) is 4.07. The normalized spacial score (nSPS) is 10.4. The lowest BCUT2D eigenvalue weighted by Crippen LogP contribution is -2.18. The average molecular weight is 359 g/mol. The number of carbonyl (C=O) groups excluding carboxylic acids is 1. The summed E-state index contributed by atoms with van der Waals surface area (Å²) in [5.74, 6) is 0.393. The fraction of sp³-hybridized carbons (Fsp3) is 0.176. The van der Waals surface area contributed by atoms with E-state index < -0.39 is 10.8 Å². The summed E-state index contributed by atoms with van der Waals surface area (Å²) in [5.41, 5.74) is 2.50. The zero-order valence-corrected chi connectivity index (χ0v) is 14.4. The van der Waals surface area contributed by atoms with Gasteiger partial charge < -0.3 is 14.2 Å². The van der Waals surface area contributed by atoms with Crippen LogP contribution in [0.2, 0.25) is 0 Å². The molecule has 0 bridgehead atoms. The molecule has 2 aromatic rings. The van der Waals surface area contributed by atoms with Crippen LogP contribution in [0.4, 0.5) is 5.69 Å². The highest BCUT2D eigenvalue weighted by molar-refractivity contribution is 5.97. The highest BCUT2D eigenvalue weighted by Crippen LogP contribution is 2.33. The molecular formula is C17H17N3O6. The molecule has 1 amide bonds. The maximum absolute atomic E-state index is 12.2. The van der Waals surface area contributed by atoms with E-state index in [4.69, 9.17) is 14.2 Å². The third-order valence-electron chi connectivity index (χ3n) is 3.45. The fourth-order valence-corrected chi connectivity index (χ4v) is 2.20. The standard InChI is InChI=1S/C17H17N3O6/c1-24-14-7-5-4-6-12(14)17(21)19-18-10-11-8-15(25-2)16(26-3)9-13(11)20(22)23/h4-10H,1-3H3,(H,19,21)/b18-10+. The third-order valence-corrected chi connectivity index (χ3v) is 3.45. The highest BCUT2D eigenvalue weighted by Gasteiger charge is 2.18. The molecule has 0 aromatic heterocycles. The van der Waals surface area contributed by atoms with E-state index in [0.717, 1.165) is 6.21 Å². The number of methoxy groups -OCH3 is 3. The number of ether oxygens (including phenoxy) is 3. The van der Waals surface area contributed by atoms with Gasteiger partial charge in [0.25, 0.3) is 11.6 Å². The van der Waals surface area contributed by atoms with Gasteiger partial charge in [0.1, 0.15) is 5.75 Å². The largest absolute Gasteiger partial charge is 0.496 e. The molecule has 2 rings (SSSR count). The zero-order valence-electron chi connectivity index (χ0n) is 14.4. The smallest absolute Gasteiger partial charge is 0.282 e. The Morgan fingerprint density at radius 1 is 1.08 bits per heavy atom. The summed E-state index contributed by atoms with van der Waals surface area (Å²) in [6.07, 6.45) is 1.16. The molecule has 0 fully saturated rings. The first-order chi connectivity index (χ1) is 12.5. The Morgan fingerprint density at radius 2 is 1.69 bits per heavy atom. The van der Waals surface area contributed by atoms with E-state index in [1.807, 2.05) is 0 Å². The van der Waals surface area contributed by atoms with Crippen LogP contribution in [-0.4, -0.2) is 38.4 Å². The van der Waals surface area contributed by atoms with Crippen molar-refractivity contribution in [2.45, 2.75) is 0 Å². The van der Waals surface area contributed by atoms with Crippen LogP contribution < -0.4 is 19.6 Å². The molecule has 0 aliphatic rings. The highest BCUT2D eigenvalue weighted by atomic mass is 16.6. The Kier molecular flexibility index (Phi) is 6.10. The molecule has 9 nitrogen and oxygen atoms in total. The van der Waals surface area contributed by atoms with Crippen molar-refractivity contribution in [1.29, 1.82) is 0 Å². The first-order valence-electron chi connectivity index (χ1n) is 7.38. The topological polar surface area (TPSA) is 112 Å². The van der Waals surface area contributed by atoms with E-state index in [9.17, 15) is 14.9 Å². The number of nitro groups is 1. The van der Waals surface area contributed by atoms with E-state index in [1.165, 1.54) is 33.5 Å². The number of para-hydroxylation sites is 1. The van der Waals surface area contributed by atoms with Gasteiger partial charge in [-0.05, 0) is 18.2 Å². The van der Waals surface area contributed by atoms with Gasteiger partial charge in [-0.25, -0.2) is 5.43 Å². The Hall–Kier alpha value is -3.62. The van der Waals surface area contributed by atoms with Gasteiger partial charge in [0, 0.05) is 0 Å². The molecular weight excluding hydrogens is 342 g/mol. The zero-order chi connectivity index (χ0) is 19.1. The number of hydrazone groups is 1. The predicted octanol–water partition coefficient (Wildman–Crippen LogP) is 2.38. The summed E-state index contributed by atoms with van der Waals surface area (Å²) in [6, 6.07) is 9.24. The molecule has 0 heterocycles. The van der Waals surface area contributed by atoms with Gasteiger partial charge in [-0.2, -0.15) is 5.10 Å². The SMILES string of the molecule is COc1cc(/C=N/NC(=O)c2ccccc2OC)c([N+](=O)[O-])cc1OC. The van der Waals surface area contributed by atoms with Crippen LogP contribution >= 0.6 is 0 Å². The van der Waals surface area contributed by atoms with Crippen molar-refractivity contribution in [2.75, 3.05) is 21.3 Å². The van der Waals surface area contributed by atoms with Crippen molar-refractivity contribution < 1.29 is 23.9 Å². The number of nitrogens with one attached hydrogen (secondary N) is 1. The summed E-state index contributed by atoms with van der Waals surface area (Å²) in [7, 11) is 4.24. The molecule has 0 spiro atoms. The molecule has 0 radical (unpaired) electrons. The Balaban J connectivity index is 2.27. The number of amides is 1. The maximum atomic E-state index is 12.2. The van der Waals surface area contributed by atoms with Crippen molar-refractivity contribution >= 4 is 17.8 Å². The lowest BCUT2D eigenvalue weighted by Gasteiger charge is -2.08. The lowest BCUT2D eigenvalue weighted by molar-refractivity contribution is -0.385. The molecule has 2 aromatic carbocycles. The van der Waals surface area contributed by atoms with Crippen molar-refractivity contribution in [3.05, 3.63) is 57.6 Å². The summed E-state index contributed by atoms with van der Waals surface area (Å²) >= 11 is 0. The molecule has 0 aliphatic heterocycles. The maximum Gasteiger partial charge on any atom is 0.282 e. The van der Waals surface area contributed by atoms with E-state index in [-0.39, 0.29) is 22.6 Å². The number of nitro benzene ring substituents is 1. The molecule has 26 heavy (non-hydrogen) atoms. The van der Waals surface area contributed by atoms with Gasteiger partial charge in [-0.1, -0.05) is 12.1 Å². The lowest BCUT2D eigenvalue weighted by atomic mass is 10.1. The molecule has 136 valence electrons. The van der Waals surface area contributed by atoms with Crippen LogP contribution in [0, 0.1) is 10.1 Å². The van der Waals surface area contributed by atoms with E-state index >= 15 is 0 Å². The van der Waals surface area contributed by atoms with Crippen molar-refractivity contribution in [3.8, 4) is 17.2 Å². The van der Waals surface area contributed by atoms with E-state index in [2.05, 4.69) is 10.5 Å². The number of hydrogen-bond acceptors (Lipinski definition) is 7. The minimum atomic E-state index is -0.578. The van der Waals surface area contributed by atoms with Crippen molar-refractivity contribution in [3.63, 3.8) is 0 Å². The van der Waals surface area contributed by atoms with Crippen molar-refractivity contribution in [2.24, 2.45) is 5.10 Å². The number of carbonyl (C=O) groups is 1. The van der Waals surface area contributed by atoms with Gasteiger partial charge in [-0.3, -0.25) is 14.9 Å². The monoisotopic (exact) mass is 359 g/mol. The van der Waals surface area contributed by atoms with Gasteiger partial charge in [0.15, 0.2) is 11.5 Å². The second-order valence-electron chi connectivity index (χ2n) is 4.92. The number of rotatable bonds is 7. The minimum Gasteiger partial charge on any atom is -0.496 e. The summed E-state index contributed by atoms with van der Waals surface area (Å²) in [6.45, 7) is 0. The second kappa shape index (κ2) is 8.47. The number of nitrogens with zero attached hydrogens (tertiary/aromatic N) is 2. The second-order valence-corrected chi connectivity index (χ2v) is 4.92. The van der Waals surface area contributed by atoms with Crippen LogP contribution in [0.15, 0.2) is 41.5 Å². The molecule has 0 saturated carbocycles. The Morgan fingerprint density at radius 3 is 2.31 bits per heavy atom. The van der Waals surface area contributed by atoms with Crippen LogP contribution in [0.5, 0.6) is 17.2 Å².